The summed E-state index contributed by atoms with van der Waals surface area (Å²) < 4.78 is 0. The van der Waals surface area contributed by atoms with Crippen molar-refractivity contribution in [1.82, 2.24) is 14.9 Å². The Hall–Kier alpha value is -2.43. The minimum atomic E-state index is 0.169. The van der Waals surface area contributed by atoms with Gasteiger partial charge in [-0.05, 0) is 38.2 Å². The van der Waals surface area contributed by atoms with Gasteiger partial charge in [0.25, 0.3) is 0 Å². The second kappa shape index (κ2) is 7.67. The molecule has 2 fully saturated rings. The van der Waals surface area contributed by atoms with E-state index >= 15 is 0 Å². The van der Waals surface area contributed by atoms with Gasteiger partial charge in [0.05, 0.1) is 0 Å². The average Bonchev–Trinajstić information content (AvgIpc) is 2.98. The third kappa shape index (κ3) is 4.12. The fraction of sp³-hybridized carbons (Fsp3) is 0.500. The second-order valence-electron chi connectivity index (χ2n) is 8.09. The molecule has 0 atom stereocenters. The summed E-state index contributed by atoms with van der Waals surface area (Å²) in [5.41, 5.74) is 2.52. The van der Waals surface area contributed by atoms with Crippen molar-refractivity contribution >= 4 is 11.7 Å². The maximum absolute atomic E-state index is 12.6. The van der Waals surface area contributed by atoms with Crippen LogP contribution in [0, 0.1) is 12.3 Å². The van der Waals surface area contributed by atoms with Crippen molar-refractivity contribution in [1.29, 1.82) is 0 Å². The van der Waals surface area contributed by atoms with E-state index in [2.05, 4.69) is 44.0 Å². The zero-order valence-corrected chi connectivity index (χ0v) is 16.1. The summed E-state index contributed by atoms with van der Waals surface area (Å²) in [5.74, 6) is 1.36. The van der Waals surface area contributed by atoms with Crippen LogP contribution in [-0.2, 0) is 11.2 Å². The number of rotatable bonds is 5. The van der Waals surface area contributed by atoms with Crippen molar-refractivity contribution < 1.29 is 4.79 Å². The van der Waals surface area contributed by atoms with Gasteiger partial charge in [0, 0.05) is 49.8 Å². The Bertz CT molecular complexity index is 784. The zero-order chi connectivity index (χ0) is 18.7. The van der Waals surface area contributed by atoms with E-state index in [1.165, 1.54) is 5.56 Å². The monoisotopic (exact) mass is 364 g/mol. The van der Waals surface area contributed by atoms with Gasteiger partial charge in [-0.25, -0.2) is 9.97 Å². The number of benzene rings is 1. The molecular weight excluding hydrogens is 336 g/mol. The molecule has 1 aromatic carbocycles. The van der Waals surface area contributed by atoms with Crippen molar-refractivity contribution in [2.75, 3.05) is 31.1 Å². The predicted molar refractivity (Wildman–Crippen MR) is 107 cm³/mol. The second-order valence-corrected chi connectivity index (χ2v) is 8.09. The van der Waals surface area contributed by atoms with Gasteiger partial charge in [0.15, 0.2) is 0 Å². The first-order valence-electron chi connectivity index (χ1n) is 9.99. The summed E-state index contributed by atoms with van der Waals surface area (Å²) in [5, 5.41) is 0. The Morgan fingerprint density at radius 2 is 1.89 bits per heavy atom. The van der Waals surface area contributed by atoms with Crippen LogP contribution in [0.25, 0.3) is 0 Å². The van der Waals surface area contributed by atoms with E-state index in [4.69, 9.17) is 0 Å². The Morgan fingerprint density at radius 3 is 2.63 bits per heavy atom. The predicted octanol–water partition coefficient (Wildman–Crippen LogP) is 3.24. The molecule has 0 bridgehead atoms. The van der Waals surface area contributed by atoms with Crippen LogP contribution in [0.3, 0.4) is 0 Å². The minimum absolute atomic E-state index is 0.169. The summed E-state index contributed by atoms with van der Waals surface area (Å²) in [7, 11) is 0. The van der Waals surface area contributed by atoms with E-state index in [1.807, 2.05) is 19.1 Å². The summed E-state index contributed by atoms with van der Waals surface area (Å²) >= 11 is 0. The van der Waals surface area contributed by atoms with Crippen molar-refractivity contribution in [3.63, 3.8) is 0 Å². The Morgan fingerprint density at radius 1 is 1.11 bits per heavy atom. The number of anilines is 1. The molecule has 0 radical (unpaired) electrons. The van der Waals surface area contributed by atoms with Gasteiger partial charge in [-0.3, -0.25) is 4.79 Å². The number of piperidine rings is 1. The zero-order valence-electron chi connectivity index (χ0n) is 16.1. The van der Waals surface area contributed by atoms with Crippen LogP contribution >= 0.6 is 0 Å². The number of carbonyl (C=O) groups excluding carboxylic acids is 1. The molecule has 0 unspecified atom stereocenters. The van der Waals surface area contributed by atoms with Crippen LogP contribution in [-0.4, -0.2) is 47.0 Å². The maximum Gasteiger partial charge on any atom is 0.223 e. The molecular formula is C22H28N4O. The third-order valence-electron chi connectivity index (χ3n) is 6.08. The lowest BCUT2D eigenvalue weighted by molar-refractivity contribution is -0.127. The summed E-state index contributed by atoms with van der Waals surface area (Å²) in [6, 6.07) is 12.6. The van der Waals surface area contributed by atoms with Gasteiger partial charge in [-0.15, -0.1) is 0 Å². The van der Waals surface area contributed by atoms with E-state index in [-0.39, 0.29) is 5.41 Å². The van der Waals surface area contributed by atoms with E-state index < -0.39 is 0 Å². The van der Waals surface area contributed by atoms with Crippen LogP contribution in [0.4, 0.5) is 5.82 Å². The van der Waals surface area contributed by atoms with Crippen molar-refractivity contribution in [3.8, 4) is 0 Å². The molecule has 1 amide bonds. The fourth-order valence-electron chi connectivity index (χ4n) is 4.46. The van der Waals surface area contributed by atoms with Crippen molar-refractivity contribution in [3.05, 3.63) is 54.0 Å². The van der Waals surface area contributed by atoms with Gasteiger partial charge < -0.3 is 9.80 Å². The maximum atomic E-state index is 12.6. The first kappa shape index (κ1) is 18.0. The SMILES string of the molecule is Cc1cc(N2CCC3(CC2)CC(=O)N(CCCc2ccccc2)C3)ncn1. The third-order valence-corrected chi connectivity index (χ3v) is 6.08. The minimum Gasteiger partial charge on any atom is -0.356 e. The first-order chi connectivity index (χ1) is 13.1. The molecule has 3 heterocycles. The molecule has 4 rings (SSSR count). The number of nitrogens with zero attached hydrogens (tertiary/aromatic N) is 4. The van der Waals surface area contributed by atoms with Crippen LogP contribution in [0.15, 0.2) is 42.7 Å². The van der Waals surface area contributed by atoms with Crippen molar-refractivity contribution in [2.45, 2.75) is 39.0 Å². The standard InChI is InChI=1S/C22H28N4O/c1-18-14-20(24-17-23-18)25-12-9-22(10-13-25)15-21(27)26(16-22)11-5-8-19-6-3-2-4-7-19/h2-4,6-7,14,17H,5,8-13,15-16H2,1H3. The molecule has 0 saturated carbocycles. The molecule has 0 aliphatic carbocycles. The summed E-state index contributed by atoms with van der Waals surface area (Å²) in [6.07, 6.45) is 6.57. The number of aryl methyl sites for hydroxylation is 2. The van der Waals surface area contributed by atoms with E-state index in [1.54, 1.807) is 6.33 Å². The molecule has 2 saturated heterocycles. The Kier molecular flexibility index (Phi) is 5.10. The topological polar surface area (TPSA) is 49.3 Å². The highest BCUT2D eigenvalue weighted by Crippen LogP contribution is 2.41. The normalized spacial score (nSPS) is 19.1. The molecule has 2 aliphatic heterocycles. The number of carbonyl (C=O) groups is 1. The van der Waals surface area contributed by atoms with Crippen LogP contribution in [0.5, 0.6) is 0 Å². The Balaban J connectivity index is 1.30. The lowest BCUT2D eigenvalue weighted by Gasteiger charge is -2.39. The van der Waals surface area contributed by atoms with Gasteiger partial charge in [-0.2, -0.15) is 0 Å². The van der Waals surface area contributed by atoms with Gasteiger partial charge in [0.2, 0.25) is 5.91 Å². The molecule has 2 aromatic rings. The van der Waals surface area contributed by atoms with Crippen LogP contribution in [0.1, 0.15) is 36.9 Å². The lowest BCUT2D eigenvalue weighted by Crippen LogP contribution is -2.42. The fourth-order valence-corrected chi connectivity index (χ4v) is 4.46. The smallest absolute Gasteiger partial charge is 0.223 e. The molecule has 1 aromatic heterocycles. The molecule has 27 heavy (non-hydrogen) atoms. The van der Waals surface area contributed by atoms with Crippen LogP contribution in [0.2, 0.25) is 0 Å². The van der Waals surface area contributed by atoms with E-state index in [0.717, 1.165) is 69.8 Å². The van der Waals surface area contributed by atoms with Gasteiger partial charge in [-0.1, -0.05) is 30.3 Å². The van der Waals surface area contributed by atoms with Gasteiger partial charge >= 0.3 is 0 Å². The quantitative estimate of drug-likeness (QED) is 0.817. The number of hydrogen-bond acceptors (Lipinski definition) is 4. The molecule has 2 aliphatic rings. The number of likely N-dealkylation sites (tertiary alicyclic amines) is 1. The highest BCUT2D eigenvalue weighted by molar-refractivity contribution is 5.79. The van der Waals surface area contributed by atoms with E-state index in [0.29, 0.717) is 5.91 Å². The highest BCUT2D eigenvalue weighted by atomic mass is 16.2. The molecule has 5 nitrogen and oxygen atoms in total. The molecule has 0 N–H and O–H groups in total. The largest absolute Gasteiger partial charge is 0.356 e. The number of hydrogen-bond donors (Lipinski definition) is 0. The molecule has 1 spiro atoms. The van der Waals surface area contributed by atoms with Gasteiger partial charge in [0.1, 0.15) is 12.1 Å². The number of aromatic nitrogens is 2. The molecule has 5 heteroatoms. The number of amides is 1. The average molecular weight is 364 g/mol. The first-order valence-corrected chi connectivity index (χ1v) is 9.99. The van der Waals surface area contributed by atoms with Crippen LogP contribution < -0.4 is 4.90 Å². The lowest BCUT2D eigenvalue weighted by atomic mass is 9.77. The van der Waals surface area contributed by atoms with Crippen molar-refractivity contribution in [2.24, 2.45) is 5.41 Å². The molecule has 142 valence electrons. The summed E-state index contributed by atoms with van der Waals surface area (Å²) in [4.78, 5) is 25.6. The van der Waals surface area contributed by atoms with E-state index in [9.17, 15) is 4.79 Å². The summed E-state index contributed by atoms with van der Waals surface area (Å²) in [6.45, 7) is 5.75. The Labute approximate surface area is 161 Å². The highest BCUT2D eigenvalue weighted by Gasteiger charge is 2.44.